The normalized spacial score (nSPS) is 14.1. The van der Waals surface area contributed by atoms with Crippen molar-refractivity contribution in [1.82, 2.24) is 10.3 Å². The average molecular weight is 482 g/mol. The van der Waals surface area contributed by atoms with Gasteiger partial charge in [-0.1, -0.05) is 42.3 Å². The van der Waals surface area contributed by atoms with Gasteiger partial charge in [-0.15, -0.1) is 6.58 Å². The summed E-state index contributed by atoms with van der Waals surface area (Å²) in [6, 6.07) is 9.65. The number of aromatic nitrogens is 1. The van der Waals surface area contributed by atoms with E-state index in [-0.39, 0.29) is 17.5 Å². The van der Waals surface area contributed by atoms with Crippen molar-refractivity contribution in [3.8, 4) is 11.3 Å². The number of carbonyl (C=O) groups is 1. The highest BCUT2D eigenvalue weighted by molar-refractivity contribution is 7.92. The number of anilines is 1. The highest BCUT2D eigenvalue weighted by Crippen LogP contribution is 2.44. The first kappa shape index (κ1) is 24.0. The Morgan fingerprint density at radius 1 is 1.29 bits per heavy atom. The van der Waals surface area contributed by atoms with Gasteiger partial charge in [0.25, 0.3) is 5.91 Å². The molecule has 0 unspecified atom stereocenters. The van der Waals surface area contributed by atoms with Crippen LogP contribution in [-0.2, 0) is 10.0 Å². The molecule has 2 heterocycles. The molecular weight excluding hydrogens is 450 g/mol. The zero-order chi connectivity index (χ0) is 24.5. The first-order chi connectivity index (χ1) is 16.2. The number of rotatable bonds is 9. The van der Waals surface area contributed by atoms with Gasteiger partial charge < -0.3 is 9.73 Å². The van der Waals surface area contributed by atoms with E-state index < -0.39 is 10.0 Å². The number of carbonyl (C=O) groups excluding carboxylic acids is 1. The number of benzene rings is 1. The van der Waals surface area contributed by atoms with Crippen LogP contribution in [-0.4, -0.2) is 39.2 Å². The Kier molecular flexibility index (Phi) is 6.79. The third kappa shape index (κ3) is 4.59. The molecule has 1 aliphatic carbocycles. The first-order valence-corrected chi connectivity index (χ1v) is 13.4. The van der Waals surface area contributed by atoms with E-state index in [0.717, 1.165) is 36.0 Å². The molecule has 1 N–H and O–H groups in total. The van der Waals surface area contributed by atoms with Crippen LogP contribution in [0.4, 0.5) is 5.82 Å². The number of sulfonamides is 1. The third-order valence-electron chi connectivity index (χ3n) is 6.41. The standard InChI is InChI=1S/C26H31N3O4S/c1-5-6-7-15-29(34(4,31)32)24-20(18-9-8-10-18)16-21-22(25(30)27-3)23(33-26(21)28-24)19-13-11-17(2)12-14-19/h5,11-14,16,18H,1,6-10,15H2,2-4H3,(H,27,30). The first-order valence-electron chi connectivity index (χ1n) is 11.6. The lowest BCUT2D eigenvalue weighted by Crippen LogP contribution is -2.33. The maximum atomic E-state index is 13.0. The molecular formula is C26H31N3O4S. The fraction of sp³-hybridized carbons (Fsp3) is 0.385. The van der Waals surface area contributed by atoms with Crippen LogP contribution in [0.25, 0.3) is 22.4 Å². The number of pyridine rings is 1. The van der Waals surface area contributed by atoms with Crippen LogP contribution >= 0.6 is 0 Å². The Morgan fingerprint density at radius 2 is 2.00 bits per heavy atom. The molecule has 0 saturated heterocycles. The molecule has 7 nitrogen and oxygen atoms in total. The quantitative estimate of drug-likeness (QED) is 0.337. The number of aryl methyl sites for hydroxylation is 1. The summed E-state index contributed by atoms with van der Waals surface area (Å²) in [5, 5.41) is 3.31. The van der Waals surface area contributed by atoms with Crippen molar-refractivity contribution in [3.63, 3.8) is 0 Å². The predicted octanol–water partition coefficient (Wildman–Crippen LogP) is 5.16. The van der Waals surface area contributed by atoms with Crippen LogP contribution < -0.4 is 9.62 Å². The maximum Gasteiger partial charge on any atom is 0.255 e. The summed E-state index contributed by atoms with van der Waals surface area (Å²) in [6.07, 6.45) is 7.32. The number of amides is 1. The zero-order valence-corrected chi connectivity index (χ0v) is 20.7. The van der Waals surface area contributed by atoms with Gasteiger partial charge in [0.1, 0.15) is 11.6 Å². The van der Waals surface area contributed by atoms with E-state index in [1.165, 1.54) is 10.6 Å². The molecule has 0 bridgehead atoms. The molecule has 2 aromatic heterocycles. The Labute approximate surface area is 200 Å². The lowest BCUT2D eigenvalue weighted by molar-refractivity contribution is 0.0964. The molecule has 0 radical (unpaired) electrons. The molecule has 8 heteroatoms. The van der Waals surface area contributed by atoms with E-state index in [1.807, 2.05) is 37.3 Å². The van der Waals surface area contributed by atoms with E-state index in [9.17, 15) is 13.2 Å². The molecule has 3 aromatic rings. The monoisotopic (exact) mass is 481 g/mol. The molecule has 4 rings (SSSR count). The SMILES string of the molecule is C=CCCCN(c1nc2oc(-c3ccc(C)cc3)c(C(=O)NC)c2cc1C1CCC1)S(C)(=O)=O. The smallest absolute Gasteiger partial charge is 0.255 e. The number of furan rings is 1. The van der Waals surface area contributed by atoms with Gasteiger partial charge in [0.15, 0.2) is 0 Å². The van der Waals surface area contributed by atoms with Crippen LogP contribution in [0.5, 0.6) is 0 Å². The molecule has 34 heavy (non-hydrogen) atoms. The number of hydrogen-bond donors (Lipinski definition) is 1. The van der Waals surface area contributed by atoms with Crippen molar-refractivity contribution in [3.05, 3.63) is 59.7 Å². The van der Waals surface area contributed by atoms with Gasteiger partial charge in [-0.05, 0) is 50.2 Å². The van der Waals surface area contributed by atoms with E-state index >= 15 is 0 Å². The summed E-state index contributed by atoms with van der Waals surface area (Å²) >= 11 is 0. The Hall–Kier alpha value is -3.13. The summed E-state index contributed by atoms with van der Waals surface area (Å²) in [5.41, 5.74) is 3.38. The third-order valence-corrected chi connectivity index (χ3v) is 7.57. The number of nitrogens with one attached hydrogen (secondary N) is 1. The van der Waals surface area contributed by atoms with Crippen LogP contribution in [0.2, 0.25) is 0 Å². The van der Waals surface area contributed by atoms with Crippen molar-refractivity contribution in [2.24, 2.45) is 0 Å². The van der Waals surface area contributed by atoms with Crippen molar-refractivity contribution in [2.45, 2.75) is 44.9 Å². The Bertz CT molecular complexity index is 1320. The van der Waals surface area contributed by atoms with Gasteiger partial charge in [-0.2, -0.15) is 4.98 Å². The Balaban J connectivity index is 1.96. The number of allylic oxidation sites excluding steroid dienone is 1. The van der Waals surface area contributed by atoms with Gasteiger partial charge in [-0.3, -0.25) is 9.10 Å². The number of unbranched alkanes of at least 4 members (excludes halogenated alkanes) is 1. The van der Waals surface area contributed by atoms with E-state index in [0.29, 0.717) is 41.9 Å². The highest BCUT2D eigenvalue weighted by Gasteiger charge is 2.32. The zero-order valence-electron chi connectivity index (χ0n) is 19.9. The maximum absolute atomic E-state index is 13.0. The summed E-state index contributed by atoms with van der Waals surface area (Å²) in [6.45, 7) is 6.03. The van der Waals surface area contributed by atoms with Crippen LogP contribution in [0, 0.1) is 6.92 Å². The van der Waals surface area contributed by atoms with Gasteiger partial charge in [0.05, 0.1) is 17.2 Å². The second kappa shape index (κ2) is 9.62. The minimum Gasteiger partial charge on any atom is -0.437 e. The summed E-state index contributed by atoms with van der Waals surface area (Å²) in [7, 11) is -1.99. The number of hydrogen-bond acceptors (Lipinski definition) is 5. The summed E-state index contributed by atoms with van der Waals surface area (Å²) < 4.78 is 33.1. The fourth-order valence-electron chi connectivity index (χ4n) is 4.32. The predicted molar refractivity (Wildman–Crippen MR) is 136 cm³/mol. The molecule has 0 spiro atoms. The number of nitrogens with zero attached hydrogens (tertiary/aromatic N) is 2. The molecule has 1 saturated carbocycles. The van der Waals surface area contributed by atoms with E-state index in [2.05, 4.69) is 11.9 Å². The molecule has 1 aromatic carbocycles. The van der Waals surface area contributed by atoms with Gasteiger partial charge >= 0.3 is 0 Å². The minimum atomic E-state index is -3.57. The van der Waals surface area contributed by atoms with Gasteiger partial charge in [0.2, 0.25) is 15.7 Å². The lowest BCUT2D eigenvalue weighted by atomic mass is 9.80. The van der Waals surface area contributed by atoms with Crippen LogP contribution in [0.3, 0.4) is 0 Å². The van der Waals surface area contributed by atoms with Crippen molar-refractivity contribution < 1.29 is 17.6 Å². The minimum absolute atomic E-state index is 0.200. The van der Waals surface area contributed by atoms with E-state index in [4.69, 9.17) is 9.40 Å². The molecule has 1 aliphatic rings. The Morgan fingerprint density at radius 3 is 2.56 bits per heavy atom. The van der Waals surface area contributed by atoms with Crippen LogP contribution in [0.15, 0.2) is 47.4 Å². The fourth-order valence-corrected chi connectivity index (χ4v) is 5.24. The van der Waals surface area contributed by atoms with Crippen molar-refractivity contribution in [2.75, 3.05) is 24.2 Å². The summed E-state index contributed by atoms with van der Waals surface area (Å²) in [5.74, 6) is 0.757. The largest absolute Gasteiger partial charge is 0.437 e. The molecule has 1 amide bonds. The number of fused-ring (bicyclic) bond motifs is 1. The van der Waals surface area contributed by atoms with Gasteiger partial charge in [0, 0.05) is 19.2 Å². The molecule has 0 atom stereocenters. The second-order valence-electron chi connectivity index (χ2n) is 8.90. The van der Waals surface area contributed by atoms with Crippen LogP contribution in [0.1, 0.15) is 59.5 Å². The molecule has 1 fully saturated rings. The molecule has 180 valence electrons. The topological polar surface area (TPSA) is 92.5 Å². The van der Waals surface area contributed by atoms with Crippen molar-refractivity contribution in [1.29, 1.82) is 0 Å². The highest BCUT2D eigenvalue weighted by atomic mass is 32.2. The summed E-state index contributed by atoms with van der Waals surface area (Å²) in [4.78, 5) is 17.7. The molecule has 0 aliphatic heterocycles. The average Bonchev–Trinajstić information content (AvgIpc) is 3.12. The second-order valence-corrected chi connectivity index (χ2v) is 10.8. The van der Waals surface area contributed by atoms with Gasteiger partial charge in [-0.25, -0.2) is 8.42 Å². The lowest BCUT2D eigenvalue weighted by Gasteiger charge is -2.31. The van der Waals surface area contributed by atoms with E-state index in [1.54, 1.807) is 13.1 Å². The van der Waals surface area contributed by atoms with Crippen molar-refractivity contribution >= 4 is 32.8 Å².